The first-order valence-corrected chi connectivity index (χ1v) is 19.9. The Morgan fingerprint density at radius 3 is 2.02 bits per heavy atom. The summed E-state index contributed by atoms with van der Waals surface area (Å²) in [7, 11) is 0. The average Bonchev–Trinajstić information content (AvgIpc) is 3.67. The van der Waals surface area contributed by atoms with Crippen molar-refractivity contribution in [1.29, 1.82) is 0 Å². The molecule has 0 amide bonds. The van der Waals surface area contributed by atoms with Crippen LogP contribution in [0, 0.1) is 0 Å². The smallest absolute Gasteiger partial charge is 0.144 e. The molecule has 2 aliphatic carbocycles. The molecule has 2 aliphatic rings. The Kier molecular flexibility index (Phi) is 7.15. The van der Waals surface area contributed by atoms with Crippen molar-refractivity contribution in [3.05, 3.63) is 191 Å². The fourth-order valence-corrected chi connectivity index (χ4v) is 9.29. The van der Waals surface area contributed by atoms with Crippen LogP contribution in [0.3, 0.4) is 0 Å². The van der Waals surface area contributed by atoms with Gasteiger partial charge in [-0.1, -0.05) is 127 Å². The molecule has 0 aliphatic heterocycles. The second kappa shape index (κ2) is 12.7. The highest BCUT2D eigenvalue weighted by molar-refractivity contribution is 6.24. The first-order valence-electron chi connectivity index (χ1n) is 19.9. The summed E-state index contributed by atoms with van der Waals surface area (Å²) in [5.41, 5.74) is 13.8. The molecule has 0 saturated carbocycles. The molecule has 0 spiro atoms. The molecule has 4 heteroatoms. The van der Waals surface area contributed by atoms with Gasteiger partial charge in [0.1, 0.15) is 11.2 Å². The molecule has 4 nitrogen and oxygen atoms in total. The van der Waals surface area contributed by atoms with Gasteiger partial charge in [0.05, 0.1) is 33.6 Å². The molecule has 0 radical (unpaired) electrons. The van der Waals surface area contributed by atoms with Crippen LogP contribution >= 0.6 is 0 Å². The van der Waals surface area contributed by atoms with Crippen LogP contribution in [-0.4, -0.2) is 15.0 Å². The molecule has 0 saturated heterocycles. The van der Waals surface area contributed by atoms with E-state index in [1.807, 2.05) is 6.07 Å². The van der Waals surface area contributed by atoms with Crippen molar-refractivity contribution < 1.29 is 4.42 Å². The number of furan rings is 1. The summed E-state index contributed by atoms with van der Waals surface area (Å²) in [4.78, 5) is 15.9. The molecule has 4 aromatic heterocycles. The van der Waals surface area contributed by atoms with Crippen molar-refractivity contribution in [2.45, 2.75) is 25.7 Å². The fraction of sp³-hybridized carbons (Fsp3) is 0.0755. The number of fused-ring (bicyclic) bond motifs is 11. The molecular weight excluding hydrogens is 695 g/mol. The highest BCUT2D eigenvalue weighted by Gasteiger charge is 2.20. The van der Waals surface area contributed by atoms with E-state index < -0.39 is 0 Å². The first kappa shape index (κ1) is 32.1. The van der Waals surface area contributed by atoms with Crippen LogP contribution in [0.25, 0.3) is 93.4 Å². The van der Waals surface area contributed by atoms with Crippen LogP contribution < -0.4 is 10.4 Å². The lowest BCUT2D eigenvalue weighted by atomic mass is 9.87. The van der Waals surface area contributed by atoms with Crippen LogP contribution in [0.5, 0.6) is 0 Å². The molecule has 10 aromatic rings. The maximum Gasteiger partial charge on any atom is 0.144 e. The third-order valence-electron chi connectivity index (χ3n) is 12.0. The highest BCUT2D eigenvalue weighted by Crippen LogP contribution is 2.41. The zero-order valence-electron chi connectivity index (χ0n) is 31.2. The first-order chi connectivity index (χ1) is 28.2. The van der Waals surface area contributed by atoms with Crippen molar-refractivity contribution in [3.8, 4) is 11.3 Å². The predicted molar refractivity (Wildman–Crippen MR) is 235 cm³/mol. The van der Waals surface area contributed by atoms with Gasteiger partial charge in [0.25, 0.3) is 0 Å². The summed E-state index contributed by atoms with van der Waals surface area (Å²) in [6.45, 7) is 0. The van der Waals surface area contributed by atoms with Gasteiger partial charge < -0.3 is 4.42 Å². The van der Waals surface area contributed by atoms with Crippen molar-refractivity contribution in [1.82, 2.24) is 15.0 Å². The molecule has 4 heterocycles. The standard InChI is InChI=1S/C53H35N3O/c1-2-11-32(12-3-1)45-29-23-33-21-22-34-24-30-47(56-52(34)51(33)54-45)40-26-25-37(38-15-4-5-16-39(38)40)35-13-10-14-36(31-35)50-44-28-27-42-41-17-7-9-20-48(41)57-53(42)49(44)43-18-6-8-19-46(43)55-50/h2,4-24,27-31H,1,3,25-26H2. The Balaban J connectivity index is 1.03. The average molecular weight is 730 g/mol. The minimum Gasteiger partial charge on any atom is -0.455 e. The maximum absolute atomic E-state index is 6.60. The van der Waals surface area contributed by atoms with Gasteiger partial charge in [-0.3, -0.25) is 0 Å². The van der Waals surface area contributed by atoms with E-state index in [-0.39, 0.29) is 0 Å². The van der Waals surface area contributed by atoms with Crippen LogP contribution in [0.2, 0.25) is 0 Å². The summed E-state index contributed by atoms with van der Waals surface area (Å²) < 4.78 is 6.60. The summed E-state index contributed by atoms with van der Waals surface area (Å²) in [5.74, 6) is 0. The lowest BCUT2D eigenvalue weighted by Crippen LogP contribution is -2.32. The molecule has 0 fully saturated rings. The Hall–Kier alpha value is -7.17. The number of allylic oxidation sites excluding steroid dienone is 4. The minimum absolute atomic E-state index is 0.886. The number of rotatable bonds is 4. The Morgan fingerprint density at radius 2 is 1.18 bits per heavy atom. The largest absolute Gasteiger partial charge is 0.455 e. The maximum atomic E-state index is 6.60. The third-order valence-corrected chi connectivity index (χ3v) is 12.0. The highest BCUT2D eigenvalue weighted by atomic mass is 16.3. The van der Waals surface area contributed by atoms with E-state index in [1.165, 1.54) is 32.7 Å². The van der Waals surface area contributed by atoms with Gasteiger partial charge in [-0.2, -0.15) is 0 Å². The van der Waals surface area contributed by atoms with Gasteiger partial charge in [-0.25, -0.2) is 15.0 Å². The van der Waals surface area contributed by atoms with Gasteiger partial charge in [0.2, 0.25) is 0 Å². The number of pyridine rings is 3. The molecule has 0 atom stereocenters. The third kappa shape index (κ3) is 5.11. The lowest BCUT2D eigenvalue weighted by molar-refractivity contribution is 0.673. The summed E-state index contributed by atoms with van der Waals surface area (Å²) in [6, 6.07) is 52.0. The van der Waals surface area contributed by atoms with Crippen molar-refractivity contribution in [3.63, 3.8) is 0 Å². The molecule has 0 unspecified atom stereocenters. The fourth-order valence-electron chi connectivity index (χ4n) is 9.29. The quantitative estimate of drug-likeness (QED) is 0.169. The number of aromatic nitrogens is 3. The van der Waals surface area contributed by atoms with Crippen LogP contribution in [-0.2, 0) is 0 Å². The number of hydrogen-bond donors (Lipinski definition) is 0. The van der Waals surface area contributed by atoms with E-state index in [0.29, 0.717) is 0 Å². The molecule has 0 N–H and O–H groups in total. The van der Waals surface area contributed by atoms with E-state index in [0.717, 1.165) is 114 Å². The molecule has 0 bridgehead atoms. The molecular formula is C53H35N3O. The Bertz CT molecular complexity index is 3530. The molecule has 57 heavy (non-hydrogen) atoms. The van der Waals surface area contributed by atoms with E-state index in [4.69, 9.17) is 19.4 Å². The number of para-hydroxylation sites is 2. The number of nitrogens with zero attached hydrogens (tertiary/aromatic N) is 3. The normalized spacial score (nSPS) is 14.4. The summed E-state index contributed by atoms with van der Waals surface area (Å²) in [6.07, 6.45) is 10.6. The number of hydrogen-bond acceptors (Lipinski definition) is 4. The molecule has 268 valence electrons. The van der Waals surface area contributed by atoms with E-state index in [9.17, 15) is 0 Å². The van der Waals surface area contributed by atoms with Gasteiger partial charge in [-0.05, 0) is 94.8 Å². The SMILES string of the molecule is C1=CC(c2ccc3ccc4ccc(C5=c6ccccc6=C(c6cccc(-c7nc8ccccc8c8c7ccc7c9ccccc9oc78)c6)CC5)nc4c3n2)=CCC1. The van der Waals surface area contributed by atoms with Gasteiger partial charge in [0.15, 0.2) is 0 Å². The van der Waals surface area contributed by atoms with Gasteiger partial charge in [-0.15, -0.1) is 0 Å². The lowest BCUT2D eigenvalue weighted by Gasteiger charge is -2.19. The van der Waals surface area contributed by atoms with Gasteiger partial charge in [0, 0.05) is 43.3 Å². The monoisotopic (exact) mass is 729 g/mol. The van der Waals surface area contributed by atoms with Crippen LogP contribution in [0.4, 0.5) is 0 Å². The topological polar surface area (TPSA) is 51.8 Å². The Labute approximate surface area is 328 Å². The van der Waals surface area contributed by atoms with Crippen LogP contribution in [0.1, 0.15) is 42.6 Å². The van der Waals surface area contributed by atoms with Crippen molar-refractivity contribution in [2.24, 2.45) is 0 Å². The molecule has 12 rings (SSSR count). The minimum atomic E-state index is 0.886. The van der Waals surface area contributed by atoms with E-state index in [2.05, 4.69) is 158 Å². The van der Waals surface area contributed by atoms with E-state index in [1.54, 1.807) is 0 Å². The van der Waals surface area contributed by atoms with Crippen molar-refractivity contribution in [2.75, 3.05) is 0 Å². The Morgan fingerprint density at radius 1 is 0.491 bits per heavy atom. The second-order valence-electron chi connectivity index (χ2n) is 15.3. The predicted octanol–water partition coefficient (Wildman–Crippen LogP) is 12.0. The zero-order valence-corrected chi connectivity index (χ0v) is 31.2. The summed E-state index contributed by atoms with van der Waals surface area (Å²) in [5, 5.41) is 10.3. The number of benzene rings is 6. The molecule has 6 aromatic carbocycles. The second-order valence-corrected chi connectivity index (χ2v) is 15.3. The van der Waals surface area contributed by atoms with E-state index >= 15 is 0 Å². The van der Waals surface area contributed by atoms with Crippen LogP contribution in [0.15, 0.2) is 168 Å². The van der Waals surface area contributed by atoms with Crippen molar-refractivity contribution >= 4 is 82.1 Å². The van der Waals surface area contributed by atoms with Gasteiger partial charge >= 0.3 is 0 Å². The zero-order chi connectivity index (χ0) is 37.5. The summed E-state index contributed by atoms with van der Waals surface area (Å²) >= 11 is 0.